The molecule has 1 saturated heterocycles. The van der Waals surface area contributed by atoms with E-state index in [4.69, 9.17) is 0 Å². The Hall–Kier alpha value is 0.210. The first-order valence-corrected chi connectivity index (χ1v) is 7.74. The van der Waals surface area contributed by atoms with Gasteiger partial charge in [-0.3, -0.25) is 0 Å². The highest BCUT2D eigenvalue weighted by atomic mass is 35.5. The Balaban J connectivity index is 0.00000162. The summed E-state index contributed by atoms with van der Waals surface area (Å²) in [7, 11) is 2.33. The maximum atomic E-state index is 3.45. The summed E-state index contributed by atoms with van der Waals surface area (Å²) in [5, 5.41) is 3.45. The molecule has 0 spiro atoms. The van der Waals surface area contributed by atoms with Gasteiger partial charge in [0, 0.05) is 6.54 Å². The zero-order valence-corrected chi connectivity index (χ0v) is 12.8. The maximum Gasteiger partial charge on any atom is 0.000661 e. The van der Waals surface area contributed by atoms with Crippen molar-refractivity contribution in [3.63, 3.8) is 0 Å². The van der Waals surface area contributed by atoms with Crippen molar-refractivity contribution in [1.29, 1.82) is 0 Å². The number of hydrogen-bond donors (Lipinski definition) is 1. The summed E-state index contributed by atoms with van der Waals surface area (Å²) in [5.74, 6) is 1.99. The number of nitrogens with zero attached hydrogens (tertiary/aromatic N) is 1. The molecule has 0 aromatic heterocycles. The Morgan fingerprint density at radius 3 is 2.28 bits per heavy atom. The molecular weight excluding hydrogens is 244 g/mol. The molecule has 1 aliphatic carbocycles. The van der Waals surface area contributed by atoms with Crippen LogP contribution in [0.15, 0.2) is 0 Å². The molecule has 1 heterocycles. The van der Waals surface area contributed by atoms with Crippen molar-refractivity contribution in [2.75, 3.05) is 33.2 Å². The summed E-state index contributed by atoms with van der Waals surface area (Å²) in [4.78, 5) is 2.60. The van der Waals surface area contributed by atoms with Crippen molar-refractivity contribution in [3.8, 4) is 0 Å². The number of halogens is 1. The zero-order chi connectivity index (χ0) is 11.9. The van der Waals surface area contributed by atoms with Gasteiger partial charge in [-0.05, 0) is 70.6 Å². The molecule has 2 aliphatic rings. The molecule has 1 N–H and O–H groups in total. The largest absolute Gasteiger partial charge is 0.317 e. The third-order valence-corrected chi connectivity index (χ3v) is 4.67. The average Bonchev–Trinajstić information content (AvgIpc) is 2.39. The first-order chi connectivity index (χ1) is 8.34. The van der Waals surface area contributed by atoms with Crippen LogP contribution in [0, 0.1) is 11.8 Å². The van der Waals surface area contributed by atoms with Crippen LogP contribution in [0.5, 0.6) is 0 Å². The molecule has 1 aliphatic heterocycles. The van der Waals surface area contributed by atoms with Crippen LogP contribution in [0.2, 0.25) is 0 Å². The van der Waals surface area contributed by atoms with Crippen LogP contribution in [0.4, 0.5) is 0 Å². The van der Waals surface area contributed by atoms with Gasteiger partial charge in [-0.25, -0.2) is 0 Å². The third-order valence-electron chi connectivity index (χ3n) is 4.67. The van der Waals surface area contributed by atoms with E-state index in [0.717, 1.165) is 11.8 Å². The third kappa shape index (κ3) is 5.90. The molecule has 0 amide bonds. The van der Waals surface area contributed by atoms with E-state index < -0.39 is 0 Å². The van der Waals surface area contributed by atoms with E-state index in [1.807, 2.05) is 0 Å². The second-order valence-corrected chi connectivity index (χ2v) is 6.25. The van der Waals surface area contributed by atoms with Gasteiger partial charge in [-0.15, -0.1) is 12.4 Å². The lowest BCUT2D eigenvalue weighted by Gasteiger charge is -2.29. The van der Waals surface area contributed by atoms with Gasteiger partial charge >= 0.3 is 0 Å². The SMILES string of the molecule is CN(CCC1CCNCC1)CC1CCCCC1.Cl. The first-order valence-electron chi connectivity index (χ1n) is 7.74. The fourth-order valence-electron chi connectivity index (χ4n) is 3.48. The molecule has 0 bridgehead atoms. The molecular formula is C15H31ClN2. The summed E-state index contributed by atoms with van der Waals surface area (Å²) < 4.78 is 0. The molecule has 18 heavy (non-hydrogen) atoms. The van der Waals surface area contributed by atoms with E-state index in [1.54, 1.807) is 0 Å². The second-order valence-electron chi connectivity index (χ2n) is 6.25. The number of piperidine rings is 1. The Kier molecular flexibility index (Phi) is 8.28. The topological polar surface area (TPSA) is 15.3 Å². The molecule has 1 saturated carbocycles. The number of nitrogens with one attached hydrogen (secondary N) is 1. The highest BCUT2D eigenvalue weighted by molar-refractivity contribution is 5.85. The Morgan fingerprint density at radius 1 is 0.944 bits per heavy atom. The maximum absolute atomic E-state index is 3.45. The van der Waals surface area contributed by atoms with E-state index >= 15 is 0 Å². The van der Waals surface area contributed by atoms with Crippen LogP contribution < -0.4 is 5.32 Å². The fourth-order valence-corrected chi connectivity index (χ4v) is 3.48. The fraction of sp³-hybridized carbons (Fsp3) is 1.00. The smallest absolute Gasteiger partial charge is 0.000661 e. The van der Waals surface area contributed by atoms with E-state index in [1.165, 1.54) is 77.5 Å². The van der Waals surface area contributed by atoms with Gasteiger partial charge in [-0.2, -0.15) is 0 Å². The van der Waals surface area contributed by atoms with Crippen molar-refractivity contribution < 1.29 is 0 Å². The van der Waals surface area contributed by atoms with Crippen LogP contribution in [0.25, 0.3) is 0 Å². The minimum absolute atomic E-state index is 0. The standard InChI is InChI=1S/C15H30N2.ClH/c1-17(13-15-5-3-2-4-6-15)12-9-14-7-10-16-11-8-14;/h14-16H,2-13H2,1H3;1H. The van der Waals surface area contributed by atoms with Crippen molar-refractivity contribution in [3.05, 3.63) is 0 Å². The van der Waals surface area contributed by atoms with Crippen molar-refractivity contribution in [2.24, 2.45) is 11.8 Å². The van der Waals surface area contributed by atoms with Gasteiger partial charge in [0.15, 0.2) is 0 Å². The summed E-state index contributed by atoms with van der Waals surface area (Å²) in [6.07, 6.45) is 11.6. The average molecular weight is 275 g/mol. The Bertz CT molecular complexity index is 199. The van der Waals surface area contributed by atoms with Gasteiger partial charge in [-0.1, -0.05) is 19.3 Å². The summed E-state index contributed by atoms with van der Waals surface area (Å²) in [5.41, 5.74) is 0. The molecule has 2 fully saturated rings. The molecule has 108 valence electrons. The zero-order valence-electron chi connectivity index (χ0n) is 12.0. The molecule has 0 radical (unpaired) electrons. The lowest BCUT2D eigenvalue weighted by molar-refractivity contribution is 0.213. The molecule has 0 aromatic rings. The molecule has 3 heteroatoms. The van der Waals surface area contributed by atoms with Crippen LogP contribution in [0.3, 0.4) is 0 Å². The van der Waals surface area contributed by atoms with Gasteiger partial charge in [0.2, 0.25) is 0 Å². The molecule has 2 rings (SSSR count). The van der Waals surface area contributed by atoms with E-state index in [9.17, 15) is 0 Å². The van der Waals surface area contributed by atoms with Gasteiger partial charge in [0.05, 0.1) is 0 Å². The molecule has 0 aromatic carbocycles. The van der Waals surface area contributed by atoms with Crippen LogP contribution in [0.1, 0.15) is 51.4 Å². The van der Waals surface area contributed by atoms with Gasteiger partial charge in [0.25, 0.3) is 0 Å². The van der Waals surface area contributed by atoms with Crippen molar-refractivity contribution in [1.82, 2.24) is 10.2 Å². The van der Waals surface area contributed by atoms with Crippen LogP contribution >= 0.6 is 12.4 Å². The normalized spacial score (nSPS) is 23.0. The van der Waals surface area contributed by atoms with Gasteiger partial charge < -0.3 is 10.2 Å². The molecule has 2 nitrogen and oxygen atoms in total. The summed E-state index contributed by atoms with van der Waals surface area (Å²) >= 11 is 0. The minimum Gasteiger partial charge on any atom is -0.317 e. The first kappa shape index (κ1) is 16.3. The quantitative estimate of drug-likeness (QED) is 0.828. The monoisotopic (exact) mass is 274 g/mol. The number of rotatable bonds is 5. The van der Waals surface area contributed by atoms with Crippen LogP contribution in [-0.4, -0.2) is 38.1 Å². The molecule has 0 atom stereocenters. The van der Waals surface area contributed by atoms with E-state index in [-0.39, 0.29) is 12.4 Å². The lowest BCUT2D eigenvalue weighted by atomic mass is 9.88. The van der Waals surface area contributed by atoms with E-state index in [2.05, 4.69) is 17.3 Å². The van der Waals surface area contributed by atoms with Crippen molar-refractivity contribution >= 4 is 12.4 Å². The summed E-state index contributed by atoms with van der Waals surface area (Å²) in [6, 6.07) is 0. The second kappa shape index (κ2) is 9.17. The Morgan fingerprint density at radius 2 is 1.61 bits per heavy atom. The summed E-state index contributed by atoms with van der Waals surface area (Å²) in [6.45, 7) is 5.17. The predicted molar refractivity (Wildman–Crippen MR) is 81.5 cm³/mol. The molecule has 0 unspecified atom stereocenters. The highest BCUT2D eigenvalue weighted by Crippen LogP contribution is 2.24. The Labute approximate surface area is 119 Å². The van der Waals surface area contributed by atoms with E-state index in [0.29, 0.717) is 0 Å². The predicted octanol–water partition coefficient (Wildman–Crippen LogP) is 3.31. The van der Waals surface area contributed by atoms with Crippen molar-refractivity contribution in [2.45, 2.75) is 51.4 Å². The highest BCUT2D eigenvalue weighted by Gasteiger charge is 2.17. The number of hydrogen-bond acceptors (Lipinski definition) is 2. The van der Waals surface area contributed by atoms with Crippen LogP contribution in [-0.2, 0) is 0 Å². The van der Waals surface area contributed by atoms with Gasteiger partial charge in [0.1, 0.15) is 0 Å². The lowest BCUT2D eigenvalue weighted by Crippen LogP contribution is -2.32. The minimum atomic E-state index is 0.